The average molecular weight is 314 g/mol. The Bertz CT molecular complexity index is 609. The third-order valence-corrected chi connectivity index (χ3v) is 4.10. The monoisotopic (exact) mass is 313 g/mol. The highest BCUT2D eigenvalue weighted by atomic mass is 35.5. The van der Waals surface area contributed by atoms with Crippen LogP contribution in [0.2, 0.25) is 5.02 Å². The number of benzene rings is 1. The highest BCUT2D eigenvalue weighted by Crippen LogP contribution is 2.23. The molecule has 5 nitrogen and oxygen atoms in total. The van der Waals surface area contributed by atoms with Crippen molar-refractivity contribution >= 4 is 23.4 Å². The van der Waals surface area contributed by atoms with Gasteiger partial charge in [-0.2, -0.15) is 0 Å². The maximum atomic E-state index is 11.5. The van der Waals surface area contributed by atoms with Gasteiger partial charge < -0.3 is 5.11 Å². The molecule has 2 N–H and O–H groups in total. The van der Waals surface area contributed by atoms with Crippen LogP contribution < -0.4 is 5.69 Å². The number of aliphatic hydroxyl groups excluding tert-OH is 1. The lowest BCUT2D eigenvalue weighted by atomic mass is 10.1. The normalized spacial score (nSPS) is 12.6. The van der Waals surface area contributed by atoms with Crippen molar-refractivity contribution in [1.82, 2.24) is 14.8 Å². The Morgan fingerprint density at radius 2 is 2.15 bits per heavy atom. The van der Waals surface area contributed by atoms with Crippen LogP contribution in [0.15, 0.2) is 34.2 Å². The lowest BCUT2D eigenvalue weighted by Crippen LogP contribution is -2.17. The number of aliphatic hydroxyl groups is 1. The molecule has 2 rings (SSSR count). The number of aromatic amines is 1. The van der Waals surface area contributed by atoms with E-state index < -0.39 is 6.10 Å². The molecular formula is C13H16ClN3O2S. The van der Waals surface area contributed by atoms with E-state index in [4.69, 9.17) is 11.6 Å². The van der Waals surface area contributed by atoms with Crippen molar-refractivity contribution < 1.29 is 5.11 Å². The molecule has 0 bridgehead atoms. The summed E-state index contributed by atoms with van der Waals surface area (Å²) in [6, 6.07) is 7.06. The van der Waals surface area contributed by atoms with E-state index in [1.54, 1.807) is 28.8 Å². The molecule has 1 unspecified atom stereocenters. The van der Waals surface area contributed by atoms with Crippen molar-refractivity contribution in [3.63, 3.8) is 0 Å². The fourth-order valence-corrected chi connectivity index (χ4v) is 2.83. The van der Waals surface area contributed by atoms with Crippen LogP contribution in [-0.4, -0.2) is 25.6 Å². The molecule has 0 fully saturated rings. The Kier molecular flexibility index (Phi) is 5.28. The number of rotatable bonds is 6. The van der Waals surface area contributed by atoms with E-state index in [-0.39, 0.29) is 5.69 Å². The molecule has 0 spiro atoms. The molecule has 0 radical (unpaired) electrons. The minimum Gasteiger partial charge on any atom is -0.388 e. The van der Waals surface area contributed by atoms with Gasteiger partial charge in [0.05, 0.1) is 6.10 Å². The molecule has 1 atom stereocenters. The summed E-state index contributed by atoms with van der Waals surface area (Å²) in [6.07, 6.45) is 0.228. The summed E-state index contributed by atoms with van der Waals surface area (Å²) in [7, 11) is 0. The van der Waals surface area contributed by atoms with Crippen molar-refractivity contribution in [2.45, 2.75) is 31.1 Å². The SMILES string of the molecule is CCCn1c(SCC(O)c2ccc(Cl)cc2)n[nH]c1=O. The Morgan fingerprint density at radius 3 is 2.80 bits per heavy atom. The molecule has 1 aromatic carbocycles. The largest absolute Gasteiger partial charge is 0.388 e. The van der Waals surface area contributed by atoms with Gasteiger partial charge in [0.2, 0.25) is 0 Å². The van der Waals surface area contributed by atoms with Gasteiger partial charge >= 0.3 is 5.69 Å². The summed E-state index contributed by atoms with van der Waals surface area (Å²) in [4.78, 5) is 11.5. The number of hydrogen-bond acceptors (Lipinski definition) is 4. The molecule has 1 aromatic heterocycles. The summed E-state index contributed by atoms with van der Waals surface area (Å²) < 4.78 is 1.58. The maximum absolute atomic E-state index is 11.5. The minimum atomic E-state index is -0.626. The van der Waals surface area contributed by atoms with E-state index in [1.807, 2.05) is 6.92 Å². The van der Waals surface area contributed by atoms with Crippen LogP contribution in [0.5, 0.6) is 0 Å². The average Bonchev–Trinajstić information content (AvgIpc) is 2.79. The quantitative estimate of drug-likeness (QED) is 0.804. The summed E-state index contributed by atoms with van der Waals surface area (Å²) >= 11 is 7.16. The smallest absolute Gasteiger partial charge is 0.343 e. The number of H-pyrrole nitrogens is 1. The zero-order valence-corrected chi connectivity index (χ0v) is 12.6. The van der Waals surface area contributed by atoms with Gasteiger partial charge in [0.1, 0.15) is 0 Å². The van der Waals surface area contributed by atoms with E-state index >= 15 is 0 Å². The van der Waals surface area contributed by atoms with E-state index in [0.717, 1.165) is 12.0 Å². The Morgan fingerprint density at radius 1 is 1.45 bits per heavy atom. The van der Waals surface area contributed by atoms with Gasteiger partial charge in [-0.15, -0.1) is 5.10 Å². The third kappa shape index (κ3) is 3.65. The number of halogens is 1. The van der Waals surface area contributed by atoms with Gasteiger partial charge in [-0.3, -0.25) is 4.57 Å². The van der Waals surface area contributed by atoms with Gasteiger partial charge in [-0.1, -0.05) is 42.4 Å². The van der Waals surface area contributed by atoms with Crippen LogP contribution in [0.4, 0.5) is 0 Å². The van der Waals surface area contributed by atoms with E-state index in [2.05, 4.69) is 10.2 Å². The molecule has 2 aromatic rings. The number of aromatic nitrogens is 3. The second-order valence-electron chi connectivity index (χ2n) is 4.34. The first-order valence-corrected chi connectivity index (χ1v) is 7.69. The zero-order valence-electron chi connectivity index (χ0n) is 11.0. The highest BCUT2D eigenvalue weighted by molar-refractivity contribution is 7.99. The minimum absolute atomic E-state index is 0.213. The lowest BCUT2D eigenvalue weighted by Gasteiger charge is -2.10. The molecule has 0 saturated heterocycles. The first-order chi connectivity index (χ1) is 9.61. The molecule has 20 heavy (non-hydrogen) atoms. The molecule has 0 aliphatic carbocycles. The van der Waals surface area contributed by atoms with Crippen molar-refractivity contribution in [2.24, 2.45) is 0 Å². The summed E-state index contributed by atoms with van der Waals surface area (Å²) in [5.41, 5.74) is 0.581. The number of nitrogens with zero attached hydrogens (tertiary/aromatic N) is 2. The van der Waals surface area contributed by atoms with Crippen LogP contribution >= 0.6 is 23.4 Å². The molecule has 7 heteroatoms. The fourth-order valence-electron chi connectivity index (χ4n) is 1.77. The van der Waals surface area contributed by atoms with Crippen LogP contribution in [-0.2, 0) is 6.54 Å². The van der Waals surface area contributed by atoms with Gasteiger partial charge in [0, 0.05) is 17.3 Å². The van der Waals surface area contributed by atoms with Crippen LogP contribution in [0.3, 0.4) is 0 Å². The van der Waals surface area contributed by atoms with Crippen molar-refractivity contribution in [3.8, 4) is 0 Å². The molecular weight excluding hydrogens is 298 g/mol. The van der Waals surface area contributed by atoms with Crippen molar-refractivity contribution in [1.29, 1.82) is 0 Å². The topological polar surface area (TPSA) is 70.9 Å². The van der Waals surface area contributed by atoms with Crippen LogP contribution in [0.25, 0.3) is 0 Å². The van der Waals surface area contributed by atoms with Gasteiger partial charge in [-0.05, 0) is 24.1 Å². The Hall–Kier alpha value is -1.24. The number of thioether (sulfide) groups is 1. The summed E-state index contributed by atoms with van der Waals surface area (Å²) in [5.74, 6) is 0.426. The van der Waals surface area contributed by atoms with Crippen LogP contribution in [0, 0.1) is 0 Å². The van der Waals surface area contributed by atoms with Crippen molar-refractivity contribution in [3.05, 3.63) is 45.3 Å². The van der Waals surface area contributed by atoms with E-state index in [9.17, 15) is 9.90 Å². The lowest BCUT2D eigenvalue weighted by molar-refractivity contribution is 0.204. The van der Waals surface area contributed by atoms with E-state index in [0.29, 0.717) is 22.5 Å². The number of nitrogens with one attached hydrogen (secondary N) is 1. The molecule has 0 aliphatic heterocycles. The molecule has 0 saturated carbocycles. The van der Waals surface area contributed by atoms with Crippen molar-refractivity contribution in [2.75, 3.05) is 5.75 Å². The second kappa shape index (κ2) is 6.97. The number of hydrogen-bond donors (Lipinski definition) is 2. The Labute approximate surface area is 126 Å². The summed E-state index contributed by atoms with van der Waals surface area (Å²) in [5, 5.41) is 17.8. The third-order valence-electron chi connectivity index (χ3n) is 2.80. The predicted octanol–water partition coefficient (Wildman–Crippen LogP) is 2.46. The maximum Gasteiger partial charge on any atom is 0.343 e. The first kappa shape index (κ1) is 15.2. The standard InChI is InChI=1S/C13H16ClN3O2S/c1-2-7-17-12(19)15-16-13(17)20-8-11(18)9-3-5-10(14)6-4-9/h3-6,11,18H,2,7-8H2,1H3,(H,15,19). The zero-order chi connectivity index (χ0) is 14.5. The van der Waals surface area contributed by atoms with Crippen LogP contribution in [0.1, 0.15) is 25.0 Å². The molecule has 0 aliphatic rings. The molecule has 108 valence electrons. The highest BCUT2D eigenvalue weighted by Gasteiger charge is 2.12. The predicted molar refractivity (Wildman–Crippen MR) is 80.3 cm³/mol. The van der Waals surface area contributed by atoms with E-state index in [1.165, 1.54) is 11.8 Å². The van der Waals surface area contributed by atoms with Gasteiger partial charge in [-0.25, -0.2) is 9.89 Å². The Balaban J connectivity index is 2.01. The summed E-state index contributed by atoms with van der Waals surface area (Å²) in [6.45, 7) is 2.62. The van der Waals surface area contributed by atoms with Gasteiger partial charge in [0.15, 0.2) is 5.16 Å². The first-order valence-electron chi connectivity index (χ1n) is 6.33. The fraction of sp³-hybridized carbons (Fsp3) is 0.385. The molecule has 0 amide bonds. The molecule has 1 heterocycles. The van der Waals surface area contributed by atoms with Gasteiger partial charge in [0.25, 0.3) is 0 Å². The second-order valence-corrected chi connectivity index (χ2v) is 5.76.